The fraction of sp³-hybridized carbons (Fsp3) is 0.389. The van der Waals surface area contributed by atoms with E-state index in [2.05, 4.69) is 21.8 Å². The number of aromatic nitrogens is 2. The van der Waals surface area contributed by atoms with E-state index in [1.54, 1.807) is 18.2 Å². The van der Waals surface area contributed by atoms with E-state index in [1.165, 1.54) is 11.8 Å². The number of rotatable bonds is 7. The van der Waals surface area contributed by atoms with Crippen LogP contribution in [0.25, 0.3) is 0 Å². The molecule has 2 rings (SSSR count). The van der Waals surface area contributed by atoms with Crippen LogP contribution >= 0.6 is 11.8 Å². The second kappa shape index (κ2) is 8.15. The zero-order valence-corrected chi connectivity index (χ0v) is 15.4. The molecule has 0 aliphatic rings. The highest BCUT2D eigenvalue weighted by atomic mass is 32.2. The molecule has 2 aromatic rings. The maximum Gasteiger partial charge on any atom is 0.335 e. The number of thioether (sulfide) groups is 1. The van der Waals surface area contributed by atoms with Crippen LogP contribution in [0, 0.1) is 13.8 Å². The molecular weight excluding hydrogens is 322 g/mol. The van der Waals surface area contributed by atoms with Gasteiger partial charge in [-0.3, -0.25) is 0 Å². The number of carboxylic acid groups (broad SMARTS) is 1. The van der Waals surface area contributed by atoms with Crippen LogP contribution < -0.4 is 4.90 Å². The minimum Gasteiger partial charge on any atom is -0.478 e. The van der Waals surface area contributed by atoms with Crippen molar-refractivity contribution in [3.63, 3.8) is 0 Å². The third-order valence-corrected chi connectivity index (χ3v) is 4.72. The van der Waals surface area contributed by atoms with Crippen LogP contribution in [-0.4, -0.2) is 34.6 Å². The van der Waals surface area contributed by atoms with Crippen LogP contribution in [0.4, 0.5) is 5.82 Å². The van der Waals surface area contributed by atoms with Crippen LogP contribution in [0.5, 0.6) is 0 Å². The van der Waals surface area contributed by atoms with Gasteiger partial charge in [0.05, 0.1) is 5.56 Å². The molecule has 0 atom stereocenters. The smallest absolute Gasteiger partial charge is 0.335 e. The van der Waals surface area contributed by atoms with Crippen molar-refractivity contribution in [2.75, 3.05) is 18.5 Å². The molecule has 0 aliphatic carbocycles. The van der Waals surface area contributed by atoms with Gasteiger partial charge in [-0.15, -0.1) is 0 Å². The predicted molar refractivity (Wildman–Crippen MR) is 98.0 cm³/mol. The van der Waals surface area contributed by atoms with Gasteiger partial charge < -0.3 is 10.0 Å². The van der Waals surface area contributed by atoms with E-state index in [9.17, 15) is 4.79 Å². The molecule has 0 spiro atoms. The van der Waals surface area contributed by atoms with Crippen LogP contribution in [0.2, 0.25) is 0 Å². The molecule has 1 aromatic heterocycles. The van der Waals surface area contributed by atoms with Crippen molar-refractivity contribution in [1.29, 1.82) is 0 Å². The Morgan fingerprint density at radius 2 is 2.04 bits per heavy atom. The lowest BCUT2D eigenvalue weighted by atomic mass is 10.1. The van der Waals surface area contributed by atoms with E-state index in [0.717, 1.165) is 40.8 Å². The molecule has 0 aliphatic heterocycles. The van der Waals surface area contributed by atoms with E-state index in [1.807, 2.05) is 27.0 Å². The Hall–Kier alpha value is -2.08. The summed E-state index contributed by atoms with van der Waals surface area (Å²) in [5.74, 6) is 0.694. The van der Waals surface area contributed by atoms with Gasteiger partial charge in [-0.2, -0.15) is 0 Å². The van der Waals surface area contributed by atoms with Crippen LogP contribution in [0.3, 0.4) is 0 Å². The molecule has 0 saturated carbocycles. The Morgan fingerprint density at radius 3 is 2.71 bits per heavy atom. The van der Waals surface area contributed by atoms with Crippen molar-refractivity contribution >= 4 is 23.5 Å². The maximum atomic E-state index is 11.1. The van der Waals surface area contributed by atoms with E-state index in [-0.39, 0.29) is 0 Å². The van der Waals surface area contributed by atoms with Crippen LogP contribution in [0.1, 0.15) is 40.5 Å². The molecule has 0 saturated heterocycles. The zero-order valence-electron chi connectivity index (χ0n) is 14.5. The monoisotopic (exact) mass is 345 g/mol. The zero-order chi connectivity index (χ0) is 17.7. The number of hydrogen-bond donors (Lipinski definition) is 1. The fourth-order valence-electron chi connectivity index (χ4n) is 2.41. The largest absolute Gasteiger partial charge is 0.478 e. The normalized spacial score (nSPS) is 10.7. The molecule has 0 fully saturated rings. The van der Waals surface area contributed by atoms with Gasteiger partial charge in [0, 0.05) is 30.6 Å². The first-order valence-corrected chi connectivity index (χ1v) is 8.92. The first kappa shape index (κ1) is 18.3. The standard InChI is InChI=1S/C18H23N3O2S/c1-5-9-21(4)16-12(2)13(3)19-18(20-16)24-11-14-7-6-8-15(10-14)17(22)23/h6-8,10H,5,9,11H2,1-4H3,(H,22,23). The first-order valence-electron chi connectivity index (χ1n) is 7.93. The summed E-state index contributed by atoms with van der Waals surface area (Å²) in [6, 6.07) is 6.98. The Labute approximate surface area is 147 Å². The lowest BCUT2D eigenvalue weighted by Gasteiger charge is -2.20. The summed E-state index contributed by atoms with van der Waals surface area (Å²) in [6.07, 6.45) is 1.06. The minimum absolute atomic E-state index is 0.303. The van der Waals surface area contributed by atoms with E-state index >= 15 is 0 Å². The van der Waals surface area contributed by atoms with Crippen molar-refractivity contribution in [2.24, 2.45) is 0 Å². The SMILES string of the molecule is CCCN(C)c1nc(SCc2cccc(C(=O)O)c2)nc(C)c1C. The highest BCUT2D eigenvalue weighted by Gasteiger charge is 2.12. The first-order chi connectivity index (χ1) is 11.4. The average Bonchev–Trinajstić information content (AvgIpc) is 2.56. The number of hydrogen-bond acceptors (Lipinski definition) is 5. The van der Waals surface area contributed by atoms with Crippen molar-refractivity contribution in [3.8, 4) is 0 Å². The fourth-order valence-corrected chi connectivity index (χ4v) is 3.24. The van der Waals surface area contributed by atoms with E-state index in [0.29, 0.717) is 11.3 Å². The summed E-state index contributed by atoms with van der Waals surface area (Å²) in [4.78, 5) is 22.4. The second-order valence-electron chi connectivity index (χ2n) is 5.76. The number of carboxylic acids is 1. The number of carbonyl (C=O) groups is 1. The molecule has 0 radical (unpaired) electrons. The van der Waals surface area contributed by atoms with Gasteiger partial charge in [0.15, 0.2) is 5.16 Å². The quantitative estimate of drug-likeness (QED) is 0.606. The molecule has 6 heteroatoms. The van der Waals surface area contributed by atoms with Crippen molar-refractivity contribution in [1.82, 2.24) is 9.97 Å². The Kier molecular flexibility index (Phi) is 6.20. The topological polar surface area (TPSA) is 66.3 Å². The molecule has 5 nitrogen and oxygen atoms in total. The predicted octanol–water partition coefficient (Wildman–Crippen LogP) is 3.93. The Balaban J connectivity index is 2.18. The minimum atomic E-state index is -0.909. The number of anilines is 1. The van der Waals surface area contributed by atoms with Gasteiger partial charge in [-0.1, -0.05) is 30.8 Å². The van der Waals surface area contributed by atoms with E-state index < -0.39 is 5.97 Å². The van der Waals surface area contributed by atoms with Crippen molar-refractivity contribution in [3.05, 3.63) is 46.6 Å². The lowest BCUT2D eigenvalue weighted by molar-refractivity contribution is 0.0697. The summed E-state index contributed by atoms with van der Waals surface area (Å²) in [5.41, 5.74) is 3.33. The van der Waals surface area contributed by atoms with Gasteiger partial charge >= 0.3 is 5.97 Å². The van der Waals surface area contributed by atoms with Gasteiger partial charge in [0.1, 0.15) is 5.82 Å². The third kappa shape index (κ3) is 4.47. The Bertz CT molecular complexity index is 734. The van der Waals surface area contributed by atoms with Gasteiger partial charge in [0.25, 0.3) is 0 Å². The van der Waals surface area contributed by atoms with Gasteiger partial charge in [-0.25, -0.2) is 14.8 Å². The molecule has 128 valence electrons. The number of aryl methyl sites for hydroxylation is 1. The highest BCUT2D eigenvalue weighted by Crippen LogP contribution is 2.25. The van der Waals surface area contributed by atoms with Crippen LogP contribution in [0.15, 0.2) is 29.4 Å². The molecular formula is C18H23N3O2S. The van der Waals surface area contributed by atoms with Gasteiger partial charge in [0.2, 0.25) is 0 Å². The summed E-state index contributed by atoms with van der Waals surface area (Å²) in [5, 5.41) is 9.79. The van der Waals surface area contributed by atoms with E-state index in [4.69, 9.17) is 5.11 Å². The third-order valence-electron chi connectivity index (χ3n) is 3.81. The van der Waals surface area contributed by atoms with Crippen molar-refractivity contribution in [2.45, 2.75) is 38.1 Å². The molecule has 24 heavy (non-hydrogen) atoms. The summed E-state index contributed by atoms with van der Waals surface area (Å²) < 4.78 is 0. The maximum absolute atomic E-state index is 11.1. The number of aromatic carboxylic acids is 1. The summed E-state index contributed by atoms with van der Waals surface area (Å²) >= 11 is 1.52. The van der Waals surface area contributed by atoms with Crippen LogP contribution in [-0.2, 0) is 5.75 Å². The lowest BCUT2D eigenvalue weighted by Crippen LogP contribution is -2.21. The second-order valence-corrected chi connectivity index (χ2v) is 6.70. The van der Waals surface area contributed by atoms with Crippen molar-refractivity contribution < 1.29 is 9.90 Å². The Morgan fingerprint density at radius 1 is 1.29 bits per heavy atom. The molecule has 0 bridgehead atoms. The molecule has 1 heterocycles. The van der Waals surface area contributed by atoms with Gasteiger partial charge in [-0.05, 0) is 38.0 Å². The molecule has 1 N–H and O–H groups in total. The average molecular weight is 345 g/mol. The molecule has 1 aromatic carbocycles. The molecule has 0 amide bonds. The number of nitrogens with zero attached hydrogens (tertiary/aromatic N) is 3. The summed E-state index contributed by atoms with van der Waals surface area (Å²) in [6.45, 7) is 7.13. The highest BCUT2D eigenvalue weighted by molar-refractivity contribution is 7.98. The summed E-state index contributed by atoms with van der Waals surface area (Å²) in [7, 11) is 2.04. The number of benzene rings is 1. The molecule has 0 unspecified atom stereocenters.